The van der Waals surface area contributed by atoms with E-state index in [1.54, 1.807) is 0 Å². The maximum atomic E-state index is 11.8. The fraction of sp³-hybridized carbons (Fsp3) is 0.154. The number of nitrogens with two attached hydrogens (primary N) is 1. The van der Waals surface area contributed by atoms with E-state index < -0.39 is 24.5 Å². The predicted octanol–water partition coefficient (Wildman–Crippen LogP) is 0.337. The van der Waals surface area contributed by atoms with Crippen LogP contribution in [-0.2, 0) is 4.79 Å². The summed E-state index contributed by atoms with van der Waals surface area (Å²) in [6, 6.07) is 5.21. The molecular weight excluding hydrogens is 262 g/mol. The van der Waals surface area contributed by atoms with Gasteiger partial charge < -0.3 is 21.1 Å². The third-order valence-electron chi connectivity index (χ3n) is 2.32. The quantitative estimate of drug-likeness (QED) is 0.672. The fourth-order valence-electron chi connectivity index (χ4n) is 1.39. The molecule has 0 aliphatic carbocycles. The van der Waals surface area contributed by atoms with Crippen LogP contribution in [0.1, 0.15) is 10.4 Å². The van der Waals surface area contributed by atoms with Gasteiger partial charge in [0.05, 0.1) is 6.54 Å². The average molecular weight is 275 g/mol. The van der Waals surface area contributed by atoms with Crippen LogP contribution in [-0.4, -0.2) is 41.0 Å². The molecule has 1 rings (SSSR count). The molecule has 0 fully saturated rings. The Kier molecular flexibility index (Phi) is 5.12. The number of hydrogen-bond donors (Lipinski definition) is 3. The minimum absolute atomic E-state index is 0.127. The third kappa shape index (κ3) is 4.34. The van der Waals surface area contributed by atoms with Crippen LogP contribution in [0.3, 0.4) is 0 Å². The zero-order valence-electron chi connectivity index (χ0n) is 10.5. The van der Waals surface area contributed by atoms with E-state index in [4.69, 9.17) is 17.3 Å². The van der Waals surface area contributed by atoms with Gasteiger partial charge in [-0.3, -0.25) is 9.59 Å². The largest absolute Gasteiger partial charge is 0.480 e. The molecule has 1 aromatic rings. The molecule has 7 nitrogen and oxygen atoms in total. The first-order valence-electron chi connectivity index (χ1n) is 5.55. The standard InChI is InChI=1S/C13H13N3O4/c1-2-7-16(8-11(17)18)13(20)15-10-5-3-9(4-6-10)12(14)19/h1,3-6H,7-8H2,(H2,14,19)(H,15,20)(H,17,18). The molecule has 1 aromatic carbocycles. The third-order valence-corrected chi connectivity index (χ3v) is 2.32. The van der Waals surface area contributed by atoms with Crippen molar-refractivity contribution in [3.8, 4) is 12.3 Å². The maximum Gasteiger partial charge on any atom is 0.323 e. The molecule has 104 valence electrons. The van der Waals surface area contributed by atoms with Gasteiger partial charge in [-0.1, -0.05) is 5.92 Å². The van der Waals surface area contributed by atoms with Crippen molar-refractivity contribution in [2.24, 2.45) is 5.73 Å². The summed E-state index contributed by atoms with van der Waals surface area (Å²) >= 11 is 0. The van der Waals surface area contributed by atoms with Gasteiger partial charge in [0.25, 0.3) is 0 Å². The molecule has 0 atom stereocenters. The molecular formula is C13H13N3O4. The fourth-order valence-corrected chi connectivity index (χ4v) is 1.39. The smallest absolute Gasteiger partial charge is 0.323 e. The summed E-state index contributed by atoms with van der Waals surface area (Å²) in [6.45, 7) is -0.632. The van der Waals surface area contributed by atoms with Crippen molar-refractivity contribution in [2.45, 2.75) is 0 Å². The second kappa shape index (κ2) is 6.80. The first-order valence-corrected chi connectivity index (χ1v) is 5.55. The Labute approximate surface area is 115 Å². The van der Waals surface area contributed by atoms with E-state index in [-0.39, 0.29) is 6.54 Å². The summed E-state index contributed by atoms with van der Waals surface area (Å²) in [5.41, 5.74) is 5.78. The summed E-state index contributed by atoms with van der Waals surface area (Å²) in [5, 5.41) is 11.2. The summed E-state index contributed by atoms with van der Waals surface area (Å²) in [4.78, 5) is 34.3. The number of hydrogen-bond acceptors (Lipinski definition) is 3. The lowest BCUT2D eigenvalue weighted by Gasteiger charge is -2.18. The molecule has 0 radical (unpaired) electrons. The lowest BCUT2D eigenvalue weighted by atomic mass is 10.2. The maximum absolute atomic E-state index is 11.8. The number of aliphatic carboxylic acids is 1. The van der Waals surface area contributed by atoms with Gasteiger partial charge in [-0.05, 0) is 24.3 Å². The van der Waals surface area contributed by atoms with E-state index in [0.717, 1.165) is 4.90 Å². The Hall–Kier alpha value is -3.01. The highest BCUT2D eigenvalue weighted by Gasteiger charge is 2.15. The van der Waals surface area contributed by atoms with Crippen molar-refractivity contribution in [3.63, 3.8) is 0 Å². The molecule has 0 unspecified atom stereocenters. The van der Waals surface area contributed by atoms with E-state index in [9.17, 15) is 14.4 Å². The van der Waals surface area contributed by atoms with Crippen molar-refractivity contribution in [1.82, 2.24) is 4.90 Å². The Morgan fingerprint density at radius 1 is 1.30 bits per heavy atom. The lowest BCUT2D eigenvalue weighted by molar-refractivity contribution is -0.137. The Morgan fingerprint density at radius 2 is 1.90 bits per heavy atom. The zero-order valence-corrected chi connectivity index (χ0v) is 10.5. The number of rotatable bonds is 5. The summed E-state index contributed by atoms with van der Waals surface area (Å²) < 4.78 is 0. The number of nitrogens with zero attached hydrogens (tertiary/aromatic N) is 1. The number of nitrogens with one attached hydrogen (secondary N) is 1. The number of anilines is 1. The number of urea groups is 1. The number of primary amides is 1. The molecule has 7 heteroatoms. The van der Waals surface area contributed by atoms with Crippen molar-refractivity contribution < 1.29 is 19.5 Å². The van der Waals surface area contributed by atoms with Crippen molar-refractivity contribution >= 4 is 23.6 Å². The molecule has 0 aliphatic rings. The van der Waals surface area contributed by atoms with Crippen LogP contribution in [0, 0.1) is 12.3 Å². The van der Waals surface area contributed by atoms with Gasteiger partial charge in [0.2, 0.25) is 5.91 Å². The number of carboxylic acid groups (broad SMARTS) is 1. The molecule has 0 bridgehead atoms. The van der Waals surface area contributed by atoms with Crippen LogP contribution in [0.15, 0.2) is 24.3 Å². The summed E-state index contributed by atoms with van der Waals surface area (Å²) in [5.74, 6) is 0.456. The van der Waals surface area contributed by atoms with Gasteiger partial charge in [0, 0.05) is 11.3 Å². The van der Waals surface area contributed by atoms with Crippen LogP contribution < -0.4 is 11.1 Å². The summed E-state index contributed by atoms with van der Waals surface area (Å²) in [6.07, 6.45) is 5.07. The van der Waals surface area contributed by atoms with E-state index in [1.165, 1.54) is 24.3 Å². The Balaban J connectivity index is 2.74. The Morgan fingerprint density at radius 3 is 2.35 bits per heavy atom. The molecule has 0 spiro atoms. The number of carbonyl (C=O) groups excluding carboxylic acids is 2. The minimum Gasteiger partial charge on any atom is -0.480 e. The number of amides is 3. The van der Waals surface area contributed by atoms with E-state index >= 15 is 0 Å². The van der Waals surface area contributed by atoms with Gasteiger partial charge in [0.15, 0.2) is 0 Å². The molecule has 0 saturated carbocycles. The van der Waals surface area contributed by atoms with Crippen LogP contribution in [0.25, 0.3) is 0 Å². The van der Waals surface area contributed by atoms with Crippen LogP contribution in [0.4, 0.5) is 10.5 Å². The van der Waals surface area contributed by atoms with Crippen molar-refractivity contribution in [2.75, 3.05) is 18.4 Å². The molecule has 3 amide bonds. The Bertz CT molecular complexity index is 560. The molecule has 20 heavy (non-hydrogen) atoms. The van der Waals surface area contributed by atoms with Crippen LogP contribution in [0.5, 0.6) is 0 Å². The zero-order chi connectivity index (χ0) is 15.1. The van der Waals surface area contributed by atoms with Gasteiger partial charge in [-0.2, -0.15) is 0 Å². The molecule has 0 heterocycles. The van der Waals surface area contributed by atoms with Gasteiger partial charge in [-0.25, -0.2) is 4.79 Å². The predicted molar refractivity (Wildman–Crippen MR) is 72.0 cm³/mol. The second-order valence-corrected chi connectivity index (χ2v) is 3.83. The molecule has 0 aliphatic heterocycles. The van der Waals surface area contributed by atoms with Gasteiger partial charge in [-0.15, -0.1) is 6.42 Å². The monoisotopic (exact) mass is 275 g/mol. The van der Waals surface area contributed by atoms with Crippen molar-refractivity contribution in [1.29, 1.82) is 0 Å². The second-order valence-electron chi connectivity index (χ2n) is 3.83. The van der Waals surface area contributed by atoms with Gasteiger partial charge >= 0.3 is 12.0 Å². The number of benzene rings is 1. The van der Waals surface area contributed by atoms with E-state index in [2.05, 4.69) is 11.2 Å². The normalized spacial score (nSPS) is 9.35. The highest BCUT2D eigenvalue weighted by Crippen LogP contribution is 2.10. The molecule has 0 saturated heterocycles. The molecule has 0 aromatic heterocycles. The number of terminal acetylenes is 1. The summed E-state index contributed by atoms with van der Waals surface area (Å²) in [7, 11) is 0. The first kappa shape index (κ1) is 15.0. The topological polar surface area (TPSA) is 113 Å². The number of carbonyl (C=O) groups is 3. The SMILES string of the molecule is C#CCN(CC(=O)O)C(=O)Nc1ccc(C(N)=O)cc1. The van der Waals surface area contributed by atoms with Crippen molar-refractivity contribution in [3.05, 3.63) is 29.8 Å². The lowest BCUT2D eigenvalue weighted by Crippen LogP contribution is -2.39. The van der Waals surface area contributed by atoms with Crippen LogP contribution >= 0.6 is 0 Å². The average Bonchev–Trinajstić information content (AvgIpc) is 2.38. The van der Waals surface area contributed by atoms with Crippen LogP contribution in [0.2, 0.25) is 0 Å². The number of carboxylic acids is 1. The van der Waals surface area contributed by atoms with E-state index in [0.29, 0.717) is 11.3 Å². The minimum atomic E-state index is -1.17. The highest BCUT2D eigenvalue weighted by molar-refractivity contribution is 5.95. The molecule has 4 N–H and O–H groups in total. The van der Waals surface area contributed by atoms with E-state index in [1.807, 2.05) is 0 Å². The first-order chi connectivity index (χ1) is 9.43. The van der Waals surface area contributed by atoms with Gasteiger partial charge in [0.1, 0.15) is 6.54 Å². The highest BCUT2D eigenvalue weighted by atomic mass is 16.4.